The topological polar surface area (TPSA) is 38.7 Å². The number of aliphatic imine (C=N–C) groups is 1. The smallest absolute Gasteiger partial charge is 0.422 e. The SMILES string of the molecule is O=C=Nc1ccc(OCC(F)(F)F)cc1. The first-order chi connectivity index (χ1) is 7.01. The largest absolute Gasteiger partial charge is 0.484 e. The van der Waals surface area contributed by atoms with Crippen LogP contribution in [0.3, 0.4) is 0 Å². The van der Waals surface area contributed by atoms with E-state index in [4.69, 9.17) is 0 Å². The Morgan fingerprint density at radius 2 is 1.87 bits per heavy atom. The standard InChI is InChI=1S/C9H6F3NO2/c10-9(11,12)5-15-8-3-1-7(2-4-8)13-6-14/h1-4H,5H2. The molecule has 0 saturated carbocycles. The predicted octanol–water partition coefficient (Wildman–Crippen LogP) is 2.60. The summed E-state index contributed by atoms with van der Waals surface area (Å²) in [7, 11) is 0. The molecule has 6 heteroatoms. The van der Waals surface area contributed by atoms with Crippen molar-refractivity contribution < 1.29 is 22.7 Å². The number of isocyanates is 1. The molecular weight excluding hydrogens is 211 g/mol. The lowest BCUT2D eigenvalue weighted by Gasteiger charge is -2.08. The van der Waals surface area contributed by atoms with E-state index in [1.165, 1.54) is 30.3 Å². The van der Waals surface area contributed by atoms with Crippen LogP contribution in [0.25, 0.3) is 0 Å². The van der Waals surface area contributed by atoms with E-state index in [1.54, 1.807) is 0 Å². The summed E-state index contributed by atoms with van der Waals surface area (Å²) in [6.07, 6.45) is -3.05. The molecule has 0 saturated heterocycles. The fraction of sp³-hybridized carbons (Fsp3) is 0.222. The van der Waals surface area contributed by atoms with Gasteiger partial charge in [-0.2, -0.15) is 18.2 Å². The van der Waals surface area contributed by atoms with Gasteiger partial charge in [0.15, 0.2) is 6.61 Å². The summed E-state index contributed by atoms with van der Waals surface area (Å²) >= 11 is 0. The number of hydrogen-bond acceptors (Lipinski definition) is 3. The molecule has 0 heterocycles. The van der Waals surface area contributed by atoms with Gasteiger partial charge in [0.2, 0.25) is 6.08 Å². The number of nitrogens with zero attached hydrogens (tertiary/aromatic N) is 1. The van der Waals surface area contributed by atoms with E-state index in [1.807, 2.05) is 0 Å². The molecule has 3 nitrogen and oxygen atoms in total. The molecule has 0 fully saturated rings. The molecular formula is C9H6F3NO2. The summed E-state index contributed by atoms with van der Waals surface area (Å²) in [5.41, 5.74) is 0.310. The third kappa shape index (κ3) is 4.28. The lowest BCUT2D eigenvalue weighted by Crippen LogP contribution is -2.19. The molecule has 0 atom stereocenters. The zero-order valence-corrected chi connectivity index (χ0v) is 7.41. The van der Waals surface area contributed by atoms with E-state index in [0.29, 0.717) is 5.69 Å². The molecule has 0 aliphatic rings. The van der Waals surface area contributed by atoms with Crippen molar-refractivity contribution in [2.45, 2.75) is 6.18 Å². The Labute approximate surface area is 83.2 Å². The Morgan fingerprint density at radius 3 is 2.33 bits per heavy atom. The highest BCUT2D eigenvalue weighted by Gasteiger charge is 2.28. The van der Waals surface area contributed by atoms with Crippen LogP contribution < -0.4 is 4.74 Å². The third-order valence-electron chi connectivity index (χ3n) is 1.41. The molecule has 0 N–H and O–H groups in total. The maximum Gasteiger partial charge on any atom is 0.422 e. The van der Waals surface area contributed by atoms with E-state index >= 15 is 0 Å². The molecule has 80 valence electrons. The van der Waals surface area contributed by atoms with Gasteiger partial charge in [0.1, 0.15) is 5.75 Å². The molecule has 1 rings (SSSR count). The lowest BCUT2D eigenvalue weighted by atomic mass is 10.3. The van der Waals surface area contributed by atoms with Gasteiger partial charge >= 0.3 is 6.18 Å². The summed E-state index contributed by atoms with van der Waals surface area (Å²) in [6.45, 7) is -1.34. The molecule has 0 spiro atoms. The number of alkyl halides is 3. The first-order valence-corrected chi connectivity index (χ1v) is 3.89. The predicted molar refractivity (Wildman–Crippen MR) is 45.8 cm³/mol. The van der Waals surface area contributed by atoms with Gasteiger partial charge in [-0.1, -0.05) is 0 Å². The summed E-state index contributed by atoms with van der Waals surface area (Å²) < 4.78 is 39.7. The normalized spacial score (nSPS) is 10.6. The highest BCUT2D eigenvalue weighted by Crippen LogP contribution is 2.20. The first kappa shape index (κ1) is 11.3. The zero-order chi connectivity index (χ0) is 11.3. The Kier molecular flexibility index (Phi) is 3.46. The number of hydrogen-bond donors (Lipinski definition) is 0. The van der Waals surface area contributed by atoms with Gasteiger partial charge in [-0.25, -0.2) is 4.79 Å². The van der Waals surface area contributed by atoms with E-state index in [2.05, 4.69) is 9.73 Å². The minimum absolute atomic E-state index is 0.0668. The number of rotatable bonds is 3. The molecule has 0 amide bonds. The van der Waals surface area contributed by atoms with Crippen LogP contribution in [0.4, 0.5) is 18.9 Å². The van der Waals surface area contributed by atoms with Gasteiger partial charge in [-0.15, -0.1) is 0 Å². The fourth-order valence-electron chi connectivity index (χ4n) is 0.835. The number of halogens is 3. The summed E-state index contributed by atoms with van der Waals surface area (Å²) in [5, 5.41) is 0. The Morgan fingerprint density at radius 1 is 1.27 bits per heavy atom. The fourth-order valence-corrected chi connectivity index (χ4v) is 0.835. The Hall–Kier alpha value is -1.81. The van der Waals surface area contributed by atoms with Gasteiger partial charge < -0.3 is 4.74 Å². The average molecular weight is 217 g/mol. The highest BCUT2D eigenvalue weighted by molar-refractivity contribution is 5.49. The highest BCUT2D eigenvalue weighted by atomic mass is 19.4. The van der Waals surface area contributed by atoms with Crippen LogP contribution in [0.5, 0.6) is 5.75 Å². The molecule has 1 aromatic carbocycles. The second kappa shape index (κ2) is 4.61. The molecule has 0 unspecified atom stereocenters. The summed E-state index contributed by atoms with van der Waals surface area (Å²) in [5.74, 6) is 0.0668. The Balaban J connectivity index is 2.61. The van der Waals surface area contributed by atoms with Crippen LogP contribution >= 0.6 is 0 Å². The van der Waals surface area contributed by atoms with Crippen LogP contribution in [0.2, 0.25) is 0 Å². The van der Waals surface area contributed by atoms with Crippen LogP contribution in [0.15, 0.2) is 29.3 Å². The van der Waals surface area contributed by atoms with Crippen molar-refractivity contribution in [3.63, 3.8) is 0 Å². The number of ether oxygens (including phenoxy) is 1. The van der Waals surface area contributed by atoms with Gasteiger partial charge in [0.25, 0.3) is 0 Å². The second-order valence-electron chi connectivity index (χ2n) is 2.60. The Bertz CT molecular complexity index is 366. The van der Waals surface area contributed by atoms with Crippen LogP contribution in [0.1, 0.15) is 0 Å². The zero-order valence-electron chi connectivity index (χ0n) is 7.41. The summed E-state index contributed by atoms with van der Waals surface area (Å²) in [4.78, 5) is 13.1. The maximum absolute atomic E-state index is 11.7. The van der Waals surface area contributed by atoms with E-state index in [0.717, 1.165) is 0 Å². The van der Waals surface area contributed by atoms with E-state index in [9.17, 15) is 18.0 Å². The molecule has 1 aromatic rings. The monoisotopic (exact) mass is 217 g/mol. The van der Waals surface area contributed by atoms with Crippen LogP contribution in [-0.2, 0) is 4.79 Å². The summed E-state index contributed by atoms with van der Waals surface area (Å²) in [6, 6.07) is 5.30. The van der Waals surface area contributed by atoms with E-state index in [-0.39, 0.29) is 5.75 Å². The van der Waals surface area contributed by atoms with Crippen LogP contribution in [0, 0.1) is 0 Å². The number of benzene rings is 1. The second-order valence-corrected chi connectivity index (χ2v) is 2.60. The number of carbonyl (C=O) groups excluding carboxylic acids is 1. The molecule has 15 heavy (non-hydrogen) atoms. The van der Waals surface area contributed by atoms with Gasteiger partial charge in [-0.3, -0.25) is 0 Å². The average Bonchev–Trinajstić information content (AvgIpc) is 2.16. The van der Waals surface area contributed by atoms with Crippen molar-refractivity contribution >= 4 is 11.8 Å². The minimum Gasteiger partial charge on any atom is -0.484 e. The van der Waals surface area contributed by atoms with Crippen molar-refractivity contribution in [3.05, 3.63) is 24.3 Å². The molecule has 0 aliphatic carbocycles. The quantitative estimate of drug-likeness (QED) is 0.576. The van der Waals surface area contributed by atoms with Crippen molar-refractivity contribution in [2.75, 3.05) is 6.61 Å². The molecule has 0 aliphatic heterocycles. The minimum atomic E-state index is -4.36. The van der Waals surface area contributed by atoms with Crippen molar-refractivity contribution in [2.24, 2.45) is 4.99 Å². The maximum atomic E-state index is 11.7. The lowest BCUT2D eigenvalue weighted by molar-refractivity contribution is -0.153. The van der Waals surface area contributed by atoms with Crippen molar-refractivity contribution in [1.82, 2.24) is 0 Å². The van der Waals surface area contributed by atoms with E-state index < -0.39 is 12.8 Å². The third-order valence-corrected chi connectivity index (χ3v) is 1.41. The van der Waals surface area contributed by atoms with Crippen molar-refractivity contribution in [3.8, 4) is 5.75 Å². The van der Waals surface area contributed by atoms with Gasteiger partial charge in [-0.05, 0) is 24.3 Å². The van der Waals surface area contributed by atoms with Crippen LogP contribution in [-0.4, -0.2) is 18.9 Å². The molecule has 0 radical (unpaired) electrons. The van der Waals surface area contributed by atoms with Gasteiger partial charge in [0.05, 0.1) is 5.69 Å². The first-order valence-electron chi connectivity index (χ1n) is 3.89. The molecule has 0 aromatic heterocycles. The van der Waals surface area contributed by atoms with Gasteiger partial charge in [0, 0.05) is 0 Å². The van der Waals surface area contributed by atoms with Crippen molar-refractivity contribution in [1.29, 1.82) is 0 Å². The molecule has 0 bridgehead atoms.